The summed E-state index contributed by atoms with van der Waals surface area (Å²) in [7, 11) is 0. The molecule has 0 fully saturated rings. The van der Waals surface area contributed by atoms with Crippen LogP contribution in [0.4, 0.5) is 0 Å². The maximum Gasteiger partial charge on any atom is 0.209 e. The molecule has 0 aliphatic rings. The number of H-pyrrole nitrogens is 1. The molecular formula is C16H14ClN3S. The normalized spacial score (nSPS) is 10.8. The fourth-order valence-electron chi connectivity index (χ4n) is 1.96. The number of rotatable bonds is 4. The third-order valence-electron chi connectivity index (χ3n) is 3.04. The first-order valence-corrected chi connectivity index (χ1v) is 7.94. The van der Waals surface area contributed by atoms with Crippen molar-refractivity contribution in [3.8, 4) is 11.4 Å². The van der Waals surface area contributed by atoms with Crippen molar-refractivity contribution in [2.45, 2.75) is 17.8 Å². The molecule has 106 valence electrons. The fraction of sp³-hybridized carbons (Fsp3) is 0.125. The summed E-state index contributed by atoms with van der Waals surface area (Å²) in [4.78, 5) is 4.52. The first-order valence-electron chi connectivity index (χ1n) is 6.57. The second-order valence-electron chi connectivity index (χ2n) is 4.75. The van der Waals surface area contributed by atoms with Gasteiger partial charge in [0.2, 0.25) is 5.16 Å². The average molecular weight is 316 g/mol. The SMILES string of the molecule is Cc1cccc(-c2nc(SCc3ccc(Cl)cc3)n[nH]2)c1. The van der Waals surface area contributed by atoms with Gasteiger partial charge in [-0.25, -0.2) is 4.98 Å². The lowest BCUT2D eigenvalue weighted by molar-refractivity contribution is 0.973. The minimum Gasteiger partial charge on any atom is -0.258 e. The van der Waals surface area contributed by atoms with Crippen LogP contribution < -0.4 is 0 Å². The van der Waals surface area contributed by atoms with Crippen LogP contribution in [0.1, 0.15) is 11.1 Å². The number of aromatic amines is 1. The maximum absolute atomic E-state index is 5.88. The van der Waals surface area contributed by atoms with Gasteiger partial charge in [0, 0.05) is 16.3 Å². The first kappa shape index (κ1) is 14.2. The highest BCUT2D eigenvalue weighted by Gasteiger charge is 2.06. The molecule has 0 radical (unpaired) electrons. The van der Waals surface area contributed by atoms with E-state index in [-0.39, 0.29) is 0 Å². The molecule has 3 aromatic rings. The molecule has 0 amide bonds. The Morgan fingerprint density at radius 2 is 1.95 bits per heavy atom. The molecule has 0 saturated heterocycles. The molecular weight excluding hydrogens is 302 g/mol. The highest BCUT2D eigenvalue weighted by Crippen LogP contribution is 2.23. The van der Waals surface area contributed by atoms with Gasteiger partial charge in [0.05, 0.1) is 0 Å². The third-order valence-corrected chi connectivity index (χ3v) is 4.21. The summed E-state index contributed by atoms with van der Waals surface area (Å²) in [5.41, 5.74) is 3.46. The Kier molecular flexibility index (Phi) is 4.27. The lowest BCUT2D eigenvalue weighted by Crippen LogP contribution is -1.82. The van der Waals surface area contributed by atoms with Crippen LogP contribution in [0, 0.1) is 6.92 Å². The van der Waals surface area contributed by atoms with E-state index in [1.807, 2.05) is 36.4 Å². The van der Waals surface area contributed by atoms with E-state index < -0.39 is 0 Å². The average Bonchev–Trinajstić information content (AvgIpc) is 2.96. The Morgan fingerprint density at radius 3 is 2.71 bits per heavy atom. The zero-order chi connectivity index (χ0) is 14.7. The summed E-state index contributed by atoms with van der Waals surface area (Å²) in [6.07, 6.45) is 0. The van der Waals surface area contributed by atoms with Gasteiger partial charge in [0.25, 0.3) is 0 Å². The quantitative estimate of drug-likeness (QED) is 0.708. The molecule has 3 rings (SSSR count). The molecule has 2 aromatic carbocycles. The maximum atomic E-state index is 5.88. The van der Waals surface area contributed by atoms with Crippen molar-refractivity contribution in [2.75, 3.05) is 0 Å². The van der Waals surface area contributed by atoms with Gasteiger partial charge in [0.1, 0.15) is 0 Å². The molecule has 1 N–H and O–H groups in total. The zero-order valence-corrected chi connectivity index (χ0v) is 13.1. The zero-order valence-electron chi connectivity index (χ0n) is 11.5. The largest absolute Gasteiger partial charge is 0.258 e. The summed E-state index contributed by atoms with van der Waals surface area (Å²) in [6.45, 7) is 2.07. The van der Waals surface area contributed by atoms with Crippen molar-refractivity contribution in [3.05, 3.63) is 64.7 Å². The molecule has 0 bridgehead atoms. The topological polar surface area (TPSA) is 41.6 Å². The number of hydrogen-bond acceptors (Lipinski definition) is 3. The minimum atomic E-state index is 0.751. The predicted molar refractivity (Wildman–Crippen MR) is 87.6 cm³/mol. The van der Waals surface area contributed by atoms with E-state index >= 15 is 0 Å². The molecule has 5 heteroatoms. The van der Waals surface area contributed by atoms with Gasteiger partial charge >= 0.3 is 0 Å². The van der Waals surface area contributed by atoms with E-state index in [9.17, 15) is 0 Å². The Balaban J connectivity index is 1.69. The van der Waals surface area contributed by atoms with Gasteiger partial charge < -0.3 is 0 Å². The molecule has 0 unspecified atom stereocenters. The Morgan fingerprint density at radius 1 is 1.14 bits per heavy atom. The fourth-order valence-corrected chi connectivity index (χ4v) is 2.84. The highest BCUT2D eigenvalue weighted by atomic mass is 35.5. The smallest absolute Gasteiger partial charge is 0.209 e. The molecule has 0 aliphatic heterocycles. The number of aryl methyl sites for hydroxylation is 1. The molecule has 3 nitrogen and oxygen atoms in total. The van der Waals surface area contributed by atoms with Crippen LogP contribution in [0.2, 0.25) is 5.02 Å². The summed E-state index contributed by atoms with van der Waals surface area (Å²) in [5.74, 6) is 1.62. The molecule has 1 heterocycles. The molecule has 1 aromatic heterocycles. The highest BCUT2D eigenvalue weighted by molar-refractivity contribution is 7.98. The van der Waals surface area contributed by atoms with Gasteiger partial charge in [0.15, 0.2) is 5.82 Å². The molecule has 0 spiro atoms. The first-order chi connectivity index (χ1) is 10.2. The minimum absolute atomic E-state index is 0.751. The molecule has 0 aliphatic carbocycles. The van der Waals surface area contributed by atoms with Crippen molar-refractivity contribution in [2.24, 2.45) is 0 Å². The van der Waals surface area contributed by atoms with Crippen LogP contribution in [0.3, 0.4) is 0 Å². The van der Waals surface area contributed by atoms with Crippen molar-refractivity contribution in [1.29, 1.82) is 0 Å². The Labute approximate surface area is 132 Å². The lowest BCUT2D eigenvalue weighted by atomic mass is 10.1. The van der Waals surface area contributed by atoms with Gasteiger partial charge in [-0.3, -0.25) is 5.10 Å². The molecule has 0 atom stereocenters. The number of nitrogens with zero attached hydrogens (tertiary/aromatic N) is 2. The Bertz CT molecular complexity index is 737. The predicted octanol–water partition coefficient (Wildman–Crippen LogP) is 4.73. The lowest BCUT2D eigenvalue weighted by Gasteiger charge is -1.98. The number of nitrogens with one attached hydrogen (secondary N) is 1. The monoisotopic (exact) mass is 315 g/mol. The van der Waals surface area contributed by atoms with Gasteiger partial charge in [-0.1, -0.05) is 59.3 Å². The summed E-state index contributed by atoms with van der Waals surface area (Å²) >= 11 is 7.48. The van der Waals surface area contributed by atoms with E-state index in [4.69, 9.17) is 11.6 Å². The van der Waals surface area contributed by atoms with Crippen molar-refractivity contribution in [3.63, 3.8) is 0 Å². The molecule has 21 heavy (non-hydrogen) atoms. The van der Waals surface area contributed by atoms with E-state index in [1.165, 1.54) is 11.1 Å². The van der Waals surface area contributed by atoms with Crippen LogP contribution in [0.15, 0.2) is 53.7 Å². The number of thioether (sulfide) groups is 1. The van der Waals surface area contributed by atoms with E-state index in [0.717, 1.165) is 27.3 Å². The number of aromatic nitrogens is 3. The standard InChI is InChI=1S/C16H14ClN3S/c1-11-3-2-4-13(9-11)15-18-16(20-19-15)21-10-12-5-7-14(17)8-6-12/h2-9H,10H2,1H3,(H,18,19,20). The van der Waals surface area contributed by atoms with Crippen LogP contribution in [-0.4, -0.2) is 15.2 Å². The number of benzene rings is 2. The second-order valence-corrected chi connectivity index (χ2v) is 6.13. The second kappa shape index (κ2) is 6.33. The van der Waals surface area contributed by atoms with Crippen molar-refractivity contribution in [1.82, 2.24) is 15.2 Å². The number of hydrogen-bond donors (Lipinski definition) is 1. The third kappa shape index (κ3) is 3.65. The summed E-state index contributed by atoms with van der Waals surface area (Å²) in [5, 5.41) is 8.75. The summed E-state index contributed by atoms with van der Waals surface area (Å²) in [6, 6.07) is 16.0. The molecule has 0 saturated carbocycles. The summed E-state index contributed by atoms with van der Waals surface area (Å²) < 4.78 is 0. The van der Waals surface area contributed by atoms with Gasteiger partial charge in [-0.15, -0.1) is 5.10 Å². The van der Waals surface area contributed by atoms with Crippen LogP contribution in [0.25, 0.3) is 11.4 Å². The van der Waals surface area contributed by atoms with Crippen LogP contribution in [0.5, 0.6) is 0 Å². The Hall–Kier alpha value is -1.78. The van der Waals surface area contributed by atoms with E-state index in [0.29, 0.717) is 0 Å². The van der Waals surface area contributed by atoms with Gasteiger partial charge in [-0.2, -0.15) is 0 Å². The van der Waals surface area contributed by atoms with E-state index in [2.05, 4.69) is 34.2 Å². The van der Waals surface area contributed by atoms with Gasteiger partial charge in [-0.05, 0) is 30.7 Å². The number of halogens is 1. The van der Waals surface area contributed by atoms with E-state index in [1.54, 1.807) is 11.8 Å². The van der Waals surface area contributed by atoms with Crippen molar-refractivity contribution < 1.29 is 0 Å². The van der Waals surface area contributed by atoms with Crippen molar-refractivity contribution >= 4 is 23.4 Å². The van der Waals surface area contributed by atoms with Crippen LogP contribution in [-0.2, 0) is 5.75 Å². The van der Waals surface area contributed by atoms with Crippen LogP contribution >= 0.6 is 23.4 Å².